The average Bonchev–Trinajstić information content (AvgIpc) is 3.03. The second-order valence-corrected chi connectivity index (χ2v) is 7.85. The van der Waals surface area contributed by atoms with Crippen LogP contribution in [0.1, 0.15) is 16.8 Å². The lowest BCUT2D eigenvalue weighted by Crippen LogP contribution is -2.31. The van der Waals surface area contributed by atoms with E-state index in [-0.39, 0.29) is 22.5 Å². The number of likely N-dealkylation sites (tertiary alicyclic amines) is 1. The molecular formula is C18H19NO4S. The highest BCUT2D eigenvalue weighted by atomic mass is 32.2. The lowest BCUT2D eigenvalue weighted by atomic mass is 10.2. The van der Waals surface area contributed by atoms with Crippen LogP contribution in [0.25, 0.3) is 0 Å². The van der Waals surface area contributed by atoms with Gasteiger partial charge in [-0.1, -0.05) is 30.3 Å². The highest BCUT2D eigenvalue weighted by Crippen LogP contribution is 2.22. The van der Waals surface area contributed by atoms with Crippen molar-refractivity contribution in [3.05, 3.63) is 60.2 Å². The fourth-order valence-corrected chi connectivity index (χ4v) is 3.72. The topological polar surface area (TPSA) is 63.7 Å². The van der Waals surface area contributed by atoms with Crippen molar-refractivity contribution in [3.63, 3.8) is 0 Å². The highest BCUT2D eigenvalue weighted by Gasteiger charge is 2.30. The minimum Gasteiger partial charge on any atom is -0.489 e. The van der Waals surface area contributed by atoms with Crippen molar-refractivity contribution < 1.29 is 17.9 Å². The Morgan fingerprint density at radius 1 is 1.08 bits per heavy atom. The average molecular weight is 345 g/mol. The zero-order valence-corrected chi connectivity index (χ0v) is 14.2. The molecule has 0 aromatic heterocycles. The number of para-hydroxylation sites is 1. The molecule has 1 fully saturated rings. The van der Waals surface area contributed by atoms with Crippen LogP contribution < -0.4 is 4.74 Å². The van der Waals surface area contributed by atoms with Gasteiger partial charge in [0, 0.05) is 19.2 Å². The summed E-state index contributed by atoms with van der Waals surface area (Å²) in [7, 11) is -3.45. The summed E-state index contributed by atoms with van der Waals surface area (Å²) in [4.78, 5) is 14.4. The number of carbonyl (C=O) groups is 1. The van der Waals surface area contributed by atoms with E-state index in [1.165, 1.54) is 6.07 Å². The summed E-state index contributed by atoms with van der Waals surface area (Å²) in [5.74, 6) is 0.503. The van der Waals surface area contributed by atoms with Gasteiger partial charge in [-0.15, -0.1) is 0 Å². The first-order chi connectivity index (χ1) is 11.4. The van der Waals surface area contributed by atoms with Gasteiger partial charge in [0.05, 0.1) is 17.0 Å². The van der Waals surface area contributed by atoms with E-state index >= 15 is 0 Å². The van der Waals surface area contributed by atoms with Crippen LogP contribution in [0.15, 0.2) is 59.5 Å². The first-order valence-corrected chi connectivity index (χ1v) is 9.64. The Labute approximate surface area is 141 Å². The van der Waals surface area contributed by atoms with Gasteiger partial charge >= 0.3 is 0 Å². The quantitative estimate of drug-likeness (QED) is 0.853. The van der Waals surface area contributed by atoms with Crippen molar-refractivity contribution in [2.75, 3.05) is 19.3 Å². The number of rotatable bonds is 4. The van der Waals surface area contributed by atoms with E-state index in [4.69, 9.17) is 4.74 Å². The van der Waals surface area contributed by atoms with Crippen LogP contribution in [0, 0.1) is 0 Å². The summed E-state index contributed by atoms with van der Waals surface area (Å²) >= 11 is 0. The van der Waals surface area contributed by atoms with Gasteiger partial charge in [0.1, 0.15) is 11.9 Å². The molecular weight excluding hydrogens is 326 g/mol. The Morgan fingerprint density at radius 3 is 2.46 bits per heavy atom. The van der Waals surface area contributed by atoms with Gasteiger partial charge in [-0.05, 0) is 24.3 Å². The molecule has 0 N–H and O–H groups in total. The molecule has 0 radical (unpaired) electrons. The third-order valence-corrected chi connectivity index (χ3v) is 5.15. The Balaban J connectivity index is 1.74. The Morgan fingerprint density at radius 2 is 1.75 bits per heavy atom. The van der Waals surface area contributed by atoms with Gasteiger partial charge in [0.25, 0.3) is 5.91 Å². The molecule has 2 aromatic rings. The number of carbonyl (C=O) groups excluding carboxylic acids is 1. The molecule has 2 aromatic carbocycles. The smallest absolute Gasteiger partial charge is 0.255 e. The maximum absolute atomic E-state index is 12.7. The van der Waals surface area contributed by atoms with E-state index < -0.39 is 9.84 Å². The number of ether oxygens (including phenoxy) is 1. The van der Waals surface area contributed by atoms with E-state index in [0.717, 1.165) is 18.4 Å². The Kier molecular flexibility index (Phi) is 4.57. The molecule has 0 bridgehead atoms. The lowest BCUT2D eigenvalue weighted by molar-refractivity contribution is 0.0768. The minimum atomic E-state index is -3.45. The van der Waals surface area contributed by atoms with E-state index in [1.807, 2.05) is 30.3 Å². The van der Waals surface area contributed by atoms with Gasteiger partial charge < -0.3 is 9.64 Å². The van der Waals surface area contributed by atoms with E-state index in [0.29, 0.717) is 13.1 Å². The van der Waals surface area contributed by atoms with Crippen LogP contribution in [0.2, 0.25) is 0 Å². The monoisotopic (exact) mass is 345 g/mol. The first kappa shape index (κ1) is 16.5. The SMILES string of the molecule is CS(=O)(=O)c1ccccc1C(=O)N1CC[C@@H](Oc2ccccc2)C1. The predicted octanol–water partition coefficient (Wildman–Crippen LogP) is 2.38. The third kappa shape index (κ3) is 3.59. The molecule has 0 aliphatic carbocycles. The van der Waals surface area contributed by atoms with Crippen molar-refractivity contribution in [3.8, 4) is 5.75 Å². The van der Waals surface area contributed by atoms with Gasteiger partial charge in [0.2, 0.25) is 0 Å². The molecule has 126 valence electrons. The van der Waals surface area contributed by atoms with Gasteiger partial charge in [-0.25, -0.2) is 8.42 Å². The number of sulfone groups is 1. The summed E-state index contributed by atoms with van der Waals surface area (Å²) in [6.07, 6.45) is 1.76. The molecule has 1 saturated heterocycles. The van der Waals surface area contributed by atoms with Crippen molar-refractivity contribution in [1.82, 2.24) is 4.90 Å². The Hall–Kier alpha value is -2.34. The van der Waals surface area contributed by atoms with Crippen LogP contribution in [-0.2, 0) is 9.84 Å². The van der Waals surface area contributed by atoms with Crippen LogP contribution >= 0.6 is 0 Å². The summed E-state index contributed by atoms with van der Waals surface area (Å²) in [5, 5.41) is 0. The van der Waals surface area contributed by atoms with Crippen molar-refractivity contribution in [2.24, 2.45) is 0 Å². The summed E-state index contributed by atoms with van der Waals surface area (Å²) in [6.45, 7) is 1.00. The summed E-state index contributed by atoms with van der Waals surface area (Å²) < 4.78 is 29.6. The molecule has 1 atom stereocenters. The molecule has 5 nitrogen and oxygen atoms in total. The lowest BCUT2D eigenvalue weighted by Gasteiger charge is -2.18. The second-order valence-electron chi connectivity index (χ2n) is 5.86. The second kappa shape index (κ2) is 6.65. The van der Waals surface area contributed by atoms with Gasteiger partial charge in [-0.2, -0.15) is 0 Å². The molecule has 0 spiro atoms. The van der Waals surface area contributed by atoms with Crippen molar-refractivity contribution >= 4 is 15.7 Å². The minimum absolute atomic E-state index is 0.0717. The molecule has 1 aliphatic heterocycles. The maximum Gasteiger partial charge on any atom is 0.255 e. The zero-order valence-electron chi connectivity index (χ0n) is 13.4. The number of hydrogen-bond acceptors (Lipinski definition) is 4. The molecule has 24 heavy (non-hydrogen) atoms. The number of hydrogen-bond donors (Lipinski definition) is 0. The zero-order chi connectivity index (χ0) is 17.2. The largest absolute Gasteiger partial charge is 0.489 e. The van der Waals surface area contributed by atoms with E-state index in [9.17, 15) is 13.2 Å². The Bertz CT molecular complexity index is 833. The molecule has 6 heteroatoms. The predicted molar refractivity (Wildman–Crippen MR) is 90.9 cm³/mol. The van der Waals surface area contributed by atoms with Gasteiger partial charge in [-0.3, -0.25) is 4.79 Å². The summed E-state index contributed by atoms with van der Waals surface area (Å²) in [6, 6.07) is 15.8. The molecule has 0 unspecified atom stereocenters. The normalized spacial score (nSPS) is 17.7. The van der Waals surface area contributed by atoms with Crippen LogP contribution in [0.4, 0.5) is 0 Å². The molecule has 1 aliphatic rings. The standard InChI is InChI=1S/C18H19NO4S/c1-24(21,22)17-10-6-5-9-16(17)18(20)19-12-11-15(13-19)23-14-7-3-2-4-8-14/h2-10,15H,11-13H2,1H3/t15-/m1/s1. The molecule has 1 amide bonds. The first-order valence-electron chi connectivity index (χ1n) is 7.75. The fourth-order valence-electron chi connectivity index (χ4n) is 2.84. The molecule has 3 rings (SSSR count). The van der Waals surface area contributed by atoms with Crippen LogP contribution in [-0.4, -0.2) is 44.7 Å². The van der Waals surface area contributed by atoms with Gasteiger partial charge in [0.15, 0.2) is 9.84 Å². The van der Waals surface area contributed by atoms with Crippen LogP contribution in [0.3, 0.4) is 0 Å². The maximum atomic E-state index is 12.7. The highest BCUT2D eigenvalue weighted by molar-refractivity contribution is 7.90. The van der Waals surface area contributed by atoms with Crippen LogP contribution in [0.5, 0.6) is 5.75 Å². The third-order valence-electron chi connectivity index (χ3n) is 4.00. The number of amides is 1. The summed E-state index contributed by atoms with van der Waals surface area (Å²) in [5.41, 5.74) is 0.223. The van der Waals surface area contributed by atoms with Crippen molar-refractivity contribution in [2.45, 2.75) is 17.4 Å². The van der Waals surface area contributed by atoms with E-state index in [2.05, 4.69) is 0 Å². The van der Waals surface area contributed by atoms with Crippen molar-refractivity contribution in [1.29, 1.82) is 0 Å². The molecule has 0 saturated carbocycles. The number of benzene rings is 2. The van der Waals surface area contributed by atoms with E-state index in [1.54, 1.807) is 23.1 Å². The molecule has 1 heterocycles. The fraction of sp³-hybridized carbons (Fsp3) is 0.278. The number of nitrogens with zero attached hydrogens (tertiary/aromatic N) is 1.